The molecule has 1 aliphatic heterocycles. The van der Waals surface area contributed by atoms with Crippen molar-refractivity contribution in [1.82, 2.24) is 9.47 Å². The molecule has 8 heteroatoms. The minimum Gasteiger partial charge on any atom is -0.497 e. The molecule has 0 spiro atoms. The van der Waals surface area contributed by atoms with Gasteiger partial charge in [-0.15, -0.1) is 0 Å². The van der Waals surface area contributed by atoms with Gasteiger partial charge in [0.1, 0.15) is 17.2 Å². The van der Waals surface area contributed by atoms with Gasteiger partial charge in [0.05, 0.1) is 32.8 Å². The first-order valence-corrected chi connectivity index (χ1v) is 12.5. The smallest absolute Gasteiger partial charge is 0.270 e. The van der Waals surface area contributed by atoms with E-state index in [0.29, 0.717) is 36.4 Å². The van der Waals surface area contributed by atoms with E-state index in [1.807, 2.05) is 42.5 Å². The van der Waals surface area contributed by atoms with E-state index >= 15 is 0 Å². The number of nitrogens with zero attached hydrogens (tertiary/aromatic N) is 2. The lowest BCUT2D eigenvalue weighted by molar-refractivity contribution is -0.121. The van der Waals surface area contributed by atoms with Crippen molar-refractivity contribution < 1.29 is 23.9 Å². The van der Waals surface area contributed by atoms with E-state index in [0.717, 1.165) is 28.0 Å². The lowest BCUT2D eigenvalue weighted by Gasteiger charge is -2.26. The minimum atomic E-state index is -0.249. The van der Waals surface area contributed by atoms with Crippen LogP contribution in [0.4, 0.5) is 11.4 Å². The zero-order chi connectivity index (χ0) is 26.6. The molecule has 0 radical (unpaired) electrons. The summed E-state index contributed by atoms with van der Waals surface area (Å²) >= 11 is 0. The van der Waals surface area contributed by atoms with E-state index in [1.54, 1.807) is 54.0 Å². The van der Waals surface area contributed by atoms with Crippen LogP contribution in [0.15, 0.2) is 72.8 Å². The van der Waals surface area contributed by atoms with Crippen molar-refractivity contribution in [2.75, 3.05) is 32.6 Å². The maximum absolute atomic E-state index is 13.6. The molecule has 1 fully saturated rings. The molecule has 5 rings (SSSR count). The van der Waals surface area contributed by atoms with Crippen molar-refractivity contribution in [2.45, 2.75) is 19.4 Å². The number of carbonyl (C=O) groups excluding carboxylic acids is 3. The Balaban J connectivity index is 1.51. The van der Waals surface area contributed by atoms with Crippen LogP contribution < -0.4 is 14.8 Å². The third kappa shape index (κ3) is 5.25. The van der Waals surface area contributed by atoms with Gasteiger partial charge in [0.2, 0.25) is 0 Å². The highest BCUT2D eigenvalue weighted by molar-refractivity contribution is 6.03. The normalized spacial score (nSPS) is 13.4. The van der Waals surface area contributed by atoms with Crippen LogP contribution in [-0.4, -0.2) is 54.2 Å². The third-order valence-electron chi connectivity index (χ3n) is 6.75. The van der Waals surface area contributed by atoms with Gasteiger partial charge in [-0.1, -0.05) is 6.07 Å². The van der Waals surface area contributed by atoms with E-state index in [4.69, 9.17) is 9.47 Å². The fraction of sp³-hybridized carbons (Fsp3) is 0.233. The number of piperidine rings is 1. The number of rotatable bonds is 8. The van der Waals surface area contributed by atoms with Crippen LogP contribution >= 0.6 is 0 Å². The molecular weight excluding hydrogens is 482 g/mol. The van der Waals surface area contributed by atoms with Gasteiger partial charge in [0.15, 0.2) is 11.6 Å². The quantitative estimate of drug-likeness (QED) is 0.332. The molecule has 1 aliphatic rings. The molecule has 38 heavy (non-hydrogen) atoms. The fourth-order valence-corrected chi connectivity index (χ4v) is 4.71. The highest BCUT2D eigenvalue weighted by atomic mass is 16.5. The topological polar surface area (TPSA) is 89.9 Å². The predicted molar refractivity (Wildman–Crippen MR) is 146 cm³/mol. The molecule has 1 N–H and O–H groups in total. The van der Waals surface area contributed by atoms with Crippen LogP contribution in [-0.2, 0) is 11.3 Å². The first-order chi connectivity index (χ1) is 18.4. The van der Waals surface area contributed by atoms with Crippen molar-refractivity contribution in [3.63, 3.8) is 0 Å². The Hall–Kier alpha value is -4.59. The average Bonchev–Trinajstić information content (AvgIpc) is 3.30. The molecule has 8 nitrogen and oxygen atoms in total. The van der Waals surface area contributed by atoms with Gasteiger partial charge in [-0.3, -0.25) is 14.4 Å². The summed E-state index contributed by atoms with van der Waals surface area (Å²) in [6, 6.07) is 22.1. The largest absolute Gasteiger partial charge is 0.497 e. The third-order valence-corrected chi connectivity index (χ3v) is 6.75. The number of likely N-dealkylation sites (tertiary alicyclic amines) is 1. The Bertz CT molecular complexity index is 1490. The SMILES string of the molecule is COc1ccc(Nc2ccc3cc(C(=O)N4CCCC(=O)C4)n(CC(=O)c4ccc(OC)cc4)c3c2)cc1. The predicted octanol–water partition coefficient (Wildman–Crippen LogP) is 5.09. The second kappa shape index (κ2) is 10.8. The molecule has 0 bridgehead atoms. The highest BCUT2D eigenvalue weighted by Crippen LogP contribution is 2.28. The molecule has 3 aromatic carbocycles. The number of carbonyl (C=O) groups is 3. The Morgan fingerprint density at radius 2 is 1.53 bits per heavy atom. The van der Waals surface area contributed by atoms with E-state index in [2.05, 4.69) is 5.32 Å². The van der Waals surface area contributed by atoms with Gasteiger partial charge in [-0.05, 0) is 73.2 Å². The van der Waals surface area contributed by atoms with Crippen LogP contribution in [0.3, 0.4) is 0 Å². The Morgan fingerprint density at radius 3 is 2.18 bits per heavy atom. The molecule has 1 saturated heterocycles. The van der Waals surface area contributed by atoms with Crippen molar-refractivity contribution in [1.29, 1.82) is 0 Å². The molecule has 1 amide bonds. The van der Waals surface area contributed by atoms with E-state index in [-0.39, 0.29) is 30.6 Å². The lowest BCUT2D eigenvalue weighted by atomic mass is 10.1. The maximum Gasteiger partial charge on any atom is 0.270 e. The van der Waals surface area contributed by atoms with Crippen LogP contribution in [0.25, 0.3) is 10.9 Å². The van der Waals surface area contributed by atoms with Gasteiger partial charge < -0.3 is 24.3 Å². The molecule has 0 aliphatic carbocycles. The number of anilines is 2. The van der Waals surface area contributed by atoms with E-state index in [9.17, 15) is 14.4 Å². The molecule has 2 heterocycles. The molecule has 0 unspecified atom stereocenters. The average molecular weight is 512 g/mol. The van der Waals surface area contributed by atoms with Crippen LogP contribution in [0.1, 0.15) is 33.7 Å². The van der Waals surface area contributed by atoms with Crippen LogP contribution in [0, 0.1) is 0 Å². The highest BCUT2D eigenvalue weighted by Gasteiger charge is 2.27. The van der Waals surface area contributed by atoms with Gasteiger partial charge in [-0.25, -0.2) is 0 Å². The van der Waals surface area contributed by atoms with Crippen molar-refractivity contribution in [2.24, 2.45) is 0 Å². The monoisotopic (exact) mass is 511 g/mol. The second-order valence-corrected chi connectivity index (χ2v) is 9.26. The number of methoxy groups -OCH3 is 2. The zero-order valence-corrected chi connectivity index (χ0v) is 21.4. The Kier molecular flexibility index (Phi) is 7.13. The fourth-order valence-electron chi connectivity index (χ4n) is 4.71. The van der Waals surface area contributed by atoms with Crippen molar-refractivity contribution >= 4 is 39.8 Å². The number of ketones is 2. The molecular formula is C30H29N3O5. The number of benzene rings is 3. The Morgan fingerprint density at radius 1 is 0.868 bits per heavy atom. The van der Waals surface area contributed by atoms with Crippen LogP contribution in [0.5, 0.6) is 11.5 Å². The first-order valence-electron chi connectivity index (χ1n) is 12.5. The van der Waals surface area contributed by atoms with Gasteiger partial charge >= 0.3 is 0 Å². The Labute approximate surface area is 220 Å². The summed E-state index contributed by atoms with van der Waals surface area (Å²) in [5.41, 5.74) is 3.34. The molecule has 0 saturated carbocycles. The van der Waals surface area contributed by atoms with Crippen molar-refractivity contribution in [3.8, 4) is 11.5 Å². The van der Waals surface area contributed by atoms with E-state index in [1.165, 1.54) is 0 Å². The summed E-state index contributed by atoms with van der Waals surface area (Å²) < 4.78 is 12.2. The summed E-state index contributed by atoms with van der Waals surface area (Å²) in [6.07, 6.45) is 1.13. The number of hydrogen-bond donors (Lipinski definition) is 1. The molecule has 0 atom stereocenters. The lowest BCUT2D eigenvalue weighted by Crippen LogP contribution is -2.41. The summed E-state index contributed by atoms with van der Waals surface area (Å²) in [5.74, 6) is 1.08. The van der Waals surface area contributed by atoms with Gasteiger partial charge in [-0.2, -0.15) is 0 Å². The first kappa shape index (κ1) is 25.1. The van der Waals surface area contributed by atoms with Crippen LogP contribution in [0.2, 0.25) is 0 Å². The number of nitrogens with one attached hydrogen (secondary N) is 1. The number of amides is 1. The summed E-state index contributed by atoms with van der Waals surface area (Å²) in [6.45, 7) is 0.588. The molecule has 4 aromatic rings. The number of aromatic nitrogens is 1. The van der Waals surface area contributed by atoms with Gasteiger partial charge in [0.25, 0.3) is 5.91 Å². The summed E-state index contributed by atoms with van der Waals surface area (Å²) in [5, 5.41) is 4.21. The molecule has 194 valence electrons. The minimum absolute atomic E-state index is 0.0231. The standard InChI is InChI=1S/C30H29N3O5/c1-37-25-11-6-20(7-12-25)29(35)19-33-27-17-23(31-22-9-13-26(38-2)14-10-22)8-5-21(27)16-28(33)30(36)32-15-3-4-24(34)18-32/h5-14,16-17,31H,3-4,15,18-19H2,1-2H3. The number of ether oxygens (including phenoxy) is 2. The second-order valence-electron chi connectivity index (χ2n) is 9.26. The number of Topliss-reactive ketones (excluding diaryl/α,β-unsaturated/α-hetero) is 2. The van der Waals surface area contributed by atoms with Gasteiger partial charge in [0, 0.05) is 35.3 Å². The molecule has 1 aromatic heterocycles. The maximum atomic E-state index is 13.6. The summed E-state index contributed by atoms with van der Waals surface area (Å²) in [4.78, 5) is 40.5. The summed E-state index contributed by atoms with van der Waals surface area (Å²) in [7, 11) is 3.19. The number of fused-ring (bicyclic) bond motifs is 1. The van der Waals surface area contributed by atoms with Crippen molar-refractivity contribution in [3.05, 3.63) is 84.1 Å². The number of hydrogen-bond acceptors (Lipinski definition) is 6. The van der Waals surface area contributed by atoms with E-state index < -0.39 is 0 Å². The zero-order valence-electron chi connectivity index (χ0n) is 21.4.